The number of nitrogens with two attached hydrogens (primary N) is 1. The van der Waals surface area contributed by atoms with Crippen molar-refractivity contribution in [2.45, 2.75) is 12.8 Å². The molecule has 2 aromatic carbocycles. The van der Waals surface area contributed by atoms with E-state index in [4.69, 9.17) is 19.9 Å². The first-order valence-electron chi connectivity index (χ1n) is 9.69. The van der Waals surface area contributed by atoms with Crippen molar-refractivity contribution in [3.63, 3.8) is 0 Å². The minimum absolute atomic E-state index is 0.0594. The van der Waals surface area contributed by atoms with Crippen LogP contribution in [-0.4, -0.2) is 28.8 Å². The van der Waals surface area contributed by atoms with Gasteiger partial charge in [0.15, 0.2) is 11.5 Å². The monoisotopic (exact) mass is 433 g/mol. The fourth-order valence-corrected chi connectivity index (χ4v) is 3.71. The second kappa shape index (κ2) is 8.31. The molecule has 1 aromatic heterocycles. The Balaban J connectivity index is 1.92. The summed E-state index contributed by atoms with van der Waals surface area (Å²) in [5.74, 6) is 0.556. The topological polar surface area (TPSA) is 149 Å². The third kappa shape index (κ3) is 3.45. The molecule has 1 atom stereocenters. The Morgan fingerprint density at radius 2 is 2.12 bits per heavy atom. The molecule has 1 aliphatic heterocycles. The summed E-state index contributed by atoms with van der Waals surface area (Å²) in [4.78, 5) is 10.8. The summed E-state index contributed by atoms with van der Waals surface area (Å²) in [5, 5.41) is 28.2. The molecular formula is C22H19N5O5. The van der Waals surface area contributed by atoms with Gasteiger partial charge in [0.1, 0.15) is 11.6 Å². The molecule has 3 aromatic rings. The maximum atomic E-state index is 11.3. The number of non-ortho nitro benzene ring substituents is 1. The number of fused-ring (bicyclic) bond motifs is 1. The molecule has 2 heterocycles. The van der Waals surface area contributed by atoms with Crippen molar-refractivity contribution in [3.05, 3.63) is 75.2 Å². The summed E-state index contributed by atoms with van der Waals surface area (Å²) in [6.07, 6.45) is 0. The summed E-state index contributed by atoms with van der Waals surface area (Å²) >= 11 is 0. The lowest BCUT2D eigenvalue weighted by Crippen LogP contribution is -2.21. The van der Waals surface area contributed by atoms with Gasteiger partial charge in [-0.2, -0.15) is 5.26 Å². The van der Waals surface area contributed by atoms with Crippen molar-refractivity contribution in [2.75, 3.05) is 13.7 Å². The van der Waals surface area contributed by atoms with Crippen LogP contribution in [0.4, 0.5) is 5.69 Å². The van der Waals surface area contributed by atoms with Gasteiger partial charge in [-0.05, 0) is 24.6 Å². The van der Waals surface area contributed by atoms with E-state index in [1.165, 1.54) is 12.1 Å². The minimum Gasteiger partial charge on any atom is -0.493 e. The van der Waals surface area contributed by atoms with Crippen LogP contribution < -0.4 is 19.9 Å². The Bertz CT molecular complexity index is 1270. The van der Waals surface area contributed by atoms with E-state index in [2.05, 4.69) is 16.3 Å². The van der Waals surface area contributed by atoms with Gasteiger partial charge in [0.25, 0.3) is 5.69 Å². The van der Waals surface area contributed by atoms with Crippen molar-refractivity contribution in [3.8, 4) is 34.7 Å². The van der Waals surface area contributed by atoms with Crippen molar-refractivity contribution >= 4 is 5.69 Å². The van der Waals surface area contributed by atoms with Crippen LogP contribution in [0, 0.1) is 21.4 Å². The SMILES string of the molecule is CCOc1cc([C@H]2C(C#N)=C(N)Oc3n[nH]c(-c4cccc([N+](=O)[O-])c4)c32)ccc1OC. The first-order valence-corrected chi connectivity index (χ1v) is 9.69. The maximum Gasteiger partial charge on any atom is 0.270 e. The maximum absolute atomic E-state index is 11.3. The first kappa shape index (κ1) is 20.7. The van der Waals surface area contributed by atoms with Gasteiger partial charge < -0.3 is 19.9 Å². The fourth-order valence-electron chi connectivity index (χ4n) is 3.71. The van der Waals surface area contributed by atoms with Crippen molar-refractivity contribution in [2.24, 2.45) is 5.73 Å². The van der Waals surface area contributed by atoms with E-state index in [0.717, 1.165) is 0 Å². The van der Waals surface area contributed by atoms with E-state index < -0.39 is 10.8 Å². The Morgan fingerprint density at radius 1 is 1.31 bits per heavy atom. The predicted octanol–water partition coefficient (Wildman–Crippen LogP) is 3.61. The van der Waals surface area contributed by atoms with E-state index in [-0.39, 0.29) is 23.0 Å². The standard InChI is InChI=1S/C22H19N5O5/c1-3-31-17-10-12(7-8-16(17)30-2)18-15(11-23)21(24)32-22-19(18)20(25-26-22)13-5-4-6-14(9-13)27(28)29/h4-10,18H,3,24H2,1-2H3,(H,25,26)/t18-/m0/s1. The Hall–Kier alpha value is -4.52. The number of allylic oxidation sites excluding steroid dienone is 1. The number of ether oxygens (including phenoxy) is 3. The predicted molar refractivity (Wildman–Crippen MR) is 114 cm³/mol. The zero-order valence-corrected chi connectivity index (χ0v) is 17.3. The molecule has 0 spiro atoms. The molecule has 0 fully saturated rings. The highest BCUT2D eigenvalue weighted by Gasteiger charge is 2.36. The van der Waals surface area contributed by atoms with Crippen molar-refractivity contribution in [1.82, 2.24) is 10.2 Å². The molecule has 0 bridgehead atoms. The second-order valence-electron chi connectivity index (χ2n) is 6.89. The van der Waals surface area contributed by atoms with Gasteiger partial charge >= 0.3 is 0 Å². The number of nitrogens with one attached hydrogen (secondary N) is 1. The summed E-state index contributed by atoms with van der Waals surface area (Å²) in [7, 11) is 1.54. The Kier molecular flexibility index (Phi) is 5.39. The van der Waals surface area contributed by atoms with Gasteiger partial charge in [-0.15, -0.1) is 5.10 Å². The molecule has 0 aliphatic carbocycles. The van der Waals surface area contributed by atoms with Crippen LogP contribution in [0.25, 0.3) is 11.3 Å². The number of hydrogen-bond acceptors (Lipinski definition) is 8. The average Bonchev–Trinajstić information content (AvgIpc) is 3.21. The Labute approximate surface area is 183 Å². The summed E-state index contributed by atoms with van der Waals surface area (Å²) < 4.78 is 16.7. The van der Waals surface area contributed by atoms with Crippen LogP contribution in [-0.2, 0) is 0 Å². The van der Waals surface area contributed by atoms with Crippen LogP contribution in [0.1, 0.15) is 24.0 Å². The highest BCUT2D eigenvalue weighted by Crippen LogP contribution is 2.47. The molecular weight excluding hydrogens is 414 g/mol. The number of H-pyrrole nitrogens is 1. The molecule has 0 radical (unpaired) electrons. The molecule has 162 valence electrons. The van der Waals surface area contributed by atoms with Gasteiger partial charge in [-0.1, -0.05) is 18.2 Å². The summed E-state index contributed by atoms with van der Waals surface area (Å²) in [6.45, 7) is 2.28. The molecule has 1 aliphatic rings. The normalized spacial score (nSPS) is 14.8. The van der Waals surface area contributed by atoms with Gasteiger partial charge in [0, 0.05) is 17.7 Å². The molecule has 0 amide bonds. The number of aromatic amines is 1. The summed E-state index contributed by atoms with van der Waals surface area (Å²) in [5.41, 5.74) is 8.41. The van der Waals surface area contributed by atoms with Crippen LogP contribution in [0.2, 0.25) is 0 Å². The largest absolute Gasteiger partial charge is 0.493 e. The molecule has 0 unspecified atom stereocenters. The number of aromatic nitrogens is 2. The third-order valence-corrected chi connectivity index (χ3v) is 5.11. The first-order chi connectivity index (χ1) is 15.5. The third-order valence-electron chi connectivity index (χ3n) is 5.11. The number of nitrogens with zero attached hydrogens (tertiary/aromatic N) is 3. The fraction of sp³-hybridized carbons (Fsp3) is 0.182. The second-order valence-corrected chi connectivity index (χ2v) is 6.89. The lowest BCUT2D eigenvalue weighted by Gasteiger charge is -2.24. The van der Waals surface area contributed by atoms with E-state index >= 15 is 0 Å². The van der Waals surface area contributed by atoms with Crippen LogP contribution >= 0.6 is 0 Å². The Morgan fingerprint density at radius 3 is 2.81 bits per heavy atom. The number of nitro groups is 1. The van der Waals surface area contributed by atoms with Crippen LogP contribution in [0.3, 0.4) is 0 Å². The van der Waals surface area contributed by atoms with Gasteiger partial charge in [-0.25, -0.2) is 0 Å². The summed E-state index contributed by atoms with van der Waals surface area (Å²) in [6, 6.07) is 13.6. The molecule has 32 heavy (non-hydrogen) atoms. The smallest absolute Gasteiger partial charge is 0.270 e. The highest BCUT2D eigenvalue weighted by molar-refractivity contribution is 5.72. The van der Waals surface area contributed by atoms with E-state index in [1.54, 1.807) is 37.4 Å². The number of rotatable bonds is 6. The molecule has 10 heteroatoms. The average molecular weight is 433 g/mol. The lowest BCUT2D eigenvalue weighted by molar-refractivity contribution is -0.384. The number of methoxy groups -OCH3 is 1. The molecule has 0 saturated carbocycles. The molecule has 3 N–H and O–H groups in total. The number of nitriles is 1. The highest BCUT2D eigenvalue weighted by atomic mass is 16.6. The van der Waals surface area contributed by atoms with Gasteiger partial charge in [0.05, 0.1) is 35.8 Å². The van der Waals surface area contributed by atoms with Crippen molar-refractivity contribution < 1.29 is 19.1 Å². The molecule has 4 rings (SSSR count). The zero-order valence-electron chi connectivity index (χ0n) is 17.3. The van der Waals surface area contributed by atoms with Crippen LogP contribution in [0.5, 0.6) is 17.4 Å². The number of benzene rings is 2. The van der Waals surface area contributed by atoms with Crippen molar-refractivity contribution in [1.29, 1.82) is 5.26 Å². The molecule has 10 nitrogen and oxygen atoms in total. The van der Waals surface area contributed by atoms with Gasteiger partial charge in [0.2, 0.25) is 11.8 Å². The number of nitro benzene ring substituents is 1. The zero-order chi connectivity index (χ0) is 22.8. The van der Waals surface area contributed by atoms with Gasteiger partial charge in [-0.3, -0.25) is 15.2 Å². The van der Waals surface area contributed by atoms with E-state index in [9.17, 15) is 15.4 Å². The lowest BCUT2D eigenvalue weighted by atomic mass is 9.83. The minimum atomic E-state index is -0.637. The molecule has 0 saturated heterocycles. The van der Waals surface area contributed by atoms with E-state index in [0.29, 0.717) is 40.5 Å². The number of hydrogen-bond donors (Lipinski definition) is 2. The van der Waals surface area contributed by atoms with Crippen LogP contribution in [0.15, 0.2) is 53.9 Å². The quantitative estimate of drug-likeness (QED) is 0.442. The van der Waals surface area contributed by atoms with E-state index in [1.807, 2.05) is 6.92 Å².